The molecule has 0 aliphatic carbocycles. The Morgan fingerprint density at radius 3 is 1.88 bits per heavy atom. The molecule has 0 bridgehead atoms. The summed E-state index contributed by atoms with van der Waals surface area (Å²) < 4.78 is 25.3. The lowest BCUT2D eigenvalue weighted by atomic mass is 10.0. The standard InChI is InChI=1S/C22H29NO11/c1-13(24)30-12-18(28)20(33-15(3)26)21(34-16(4)27)19(32-14(2)25)10-23-22(29)31-11-17-8-6-5-7-9-17/h5-9,18-21,28H,10-12H2,1-4H3,(H,23,29)/t18-,19+,20-,21-/m1/s1. The summed E-state index contributed by atoms with van der Waals surface area (Å²) in [5.41, 5.74) is 0.732. The van der Waals surface area contributed by atoms with Crippen molar-refractivity contribution in [2.45, 2.75) is 58.7 Å². The van der Waals surface area contributed by atoms with Crippen molar-refractivity contribution in [3.05, 3.63) is 35.9 Å². The number of benzene rings is 1. The molecule has 0 saturated carbocycles. The second-order valence-electron chi connectivity index (χ2n) is 7.11. The number of aliphatic hydroxyl groups excluding tert-OH is 1. The maximum atomic E-state index is 12.1. The van der Waals surface area contributed by atoms with Gasteiger partial charge in [0.2, 0.25) is 0 Å². The van der Waals surface area contributed by atoms with Crippen molar-refractivity contribution in [2.24, 2.45) is 0 Å². The van der Waals surface area contributed by atoms with E-state index >= 15 is 0 Å². The van der Waals surface area contributed by atoms with Gasteiger partial charge in [-0.2, -0.15) is 0 Å². The van der Waals surface area contributed by atoms with Crippen LogP contribution in [0.4, 0.5) is 4.79 Å². The highest BCUT2D eigenvalue weighted by molar-refractivity contribution is 5.69. The Bertz CT molecular complexity index is 843. The average Bonchev–Trinajstić information content (AvgIpc) is 2.76. The maximum absolute atomic E-state index is 12.1. The van der Waals surface area contributed by atoms with Crippen molar-refractivity contribution in [3.8, 4) is 0 Å². The highest BCUT2D eigenvalue weighted by Crippen LogP contribution is 2.18. The fraction of sp³-hybridized carbons (Fsp3) is 0.500. The first-order chi connectivity index (χ1) is 16.0. The molecule has 0 saturated heterocycles. The molecule has 188 valence electrons. The van der Waals surface area contributed by atoms with Gasteiger partial charge in [0.25, 0.3) is 0 Å². The zero-order valence-corrected chi connectivity index (χ0v) is 19.3. The van der Waals surface area contributed by atoms with Gasteiger partial charge in [-0.25, -0.2) is 4.79 Å². The van der Waals surface area contributed by atoms with Gasteiger partial charge in [0.1, 0.15) is 19.3 Å². The van der Waals surface area contributed by atoms with Gasteiger partial charge in [-0.1, -0.05) is 30.3 Å². The summed E-state index contributed by atoms with van der Waals surface area (Å²) in [5.74, 6) is -3.24. The summed E-state index contributed by atoms with van der Waals surface area (Å²) in [6, 6.07) is 8.85. The van der Waals surface area contributed by atoms with Gasteiger partial charge in [-0.05, 0) is 5.56 Å². The van der Waals surface area contributed by atoms with E-state index in [1.807, 2.05) is 0 Å². The van der Waals surface area contributed by atoms with Crippen molar-refractivity contribution >= 4 is 30.0 Å². The molecule has 1 aromatic rings. The van der Waals surface area contributed by atoms with Crippen LogP contribution in [0.5, 0.6) is 0 Å². The van der Waals surface area contributed by atoms with Gasteiger partial charge in [-0.15, -0.1) is 0 Å². The number of nitrogens with one attached hydrogen (secondary N) is 1. The largest absolute Gasteiger partial charge is 0.463 e. The molecule has 0 aliphatic heterocycles. The fourth-order valence-electron chi connectivity index (χ4n) is 2.80. The van der Waals surface area contributed by atoms with Crippen molar-refractivity contribution in [2.75, 3.05) is 13.2 Å². The molecule has 12 heteroatoms. The Morgan fingerprint density at radius 1 is 0.794 bits per heavy atom. The van der Waals surface area contributed by atoms with Crippen molar-refractivity contribution < 1.29 is 52.8 Å². The third-order valence-corrected chi connectivity index (χ3v) is 4.11. The molecule has 0 spiro atoms. The van der Waals surface area contributed by atoms with Crippen LogP contribution in [0.1, 0.15) is 33.3 Å². The molecule has 1 rings (SSSR count). The molecule has 0 heterocycles. The van der Waals surface area contributed by atoms with Crippen LogP contribution in [0, 0.1) is 0 Å². The smallest absolute Gasteiger partial charge is 0.407 e. The number of aliphatic hydroxyl groups is 1. The van der Waals surface area contributed by atoms with E-state index in [0.717, 1.165) is 33.3 Å². The maximum Gasteiger partial charge on any atom is 0.407 e. The first kappa shape index (κ1) is 28.4. The van der Waals surface area contributed by atoms with Crippen LogP contribution in [0.2, 0.25) is 0 Å². The van der Waals surface area contributed by atoms with Crippen LogP contribution < -0.4 is 5.32 Å². The minimum Gasteiger partial charge on any atom is -0.463 e. The van der Waals surface area contributed by atoms with Crippen LogP contribution in [0.25, 0.3) is 0 Å². The lowest BCUT2D eigenvalue weighted by Gasteiger charge is -2.34. The lowest BCUT2D eigenvalue weighted by molar-refractivity contribution is -0.195. The molecule has 12 nitrogen and oxygen atoms in total. The number of rotatable bonds is 12. The normalized spacial score (nSPS) is 13.9. The average molecular weight is 483 g/mol. The van der Waals surface area contributed by atoms with Crippen LogP contribution >= 0.6 is 0 Å². The van der Waals surface area contributed by atoms with Crippen LogP contribution in [0.15, 0.2) is 30.3 Å². The second-order valence-corrected chi connectivity index (χ2v) is 7.11. The Balaban J connectivity index is 3.03. The summed E-state index contributed by atoms with van der Waals surface area (Å²) in [5, 5.41) is 12.8. The number of hydrogen-bond donors (Lipinski definition) is 2. The third-order valence-electron chi connectivity index (χ3n) is 4.11. The highest BCUT2D eigenvalue weighted by Gasteiger charge is 2.41. The SMILES string of the molecule is CC(=O)OC[C@@H](O)[C@@H](OC(C)=O)[C@H](OC(C)=O)[C@H](CNC(=O)OCc1ccccc1)OC(C)=O. The Morgan fingerprint density at radius 2 is 1.35 bits per heavy atom. The molecule has 0 unspecified atom stereocenters. The monoisotopic (exact) mass is 483 g/mol. The Labute approximate surface area is 196 Å². The zero-order valence-electron chi connectivity index (χ0n) is 19.3. The summed E-state index contributed by atoms with van der Waals surface area (Å²) in [6.45, 7) is 3.19. The fourth-order valence-corrected chi connectivity index (χ4v) is 2.80. The minimum atomic E-state index is -1.65. The molecule has 0 aliphatic rings. The van der Waals surface area contributed by atoms with Crippen LogP contribution in [-0.4, -0.2) is 72.6 Å². The quantitative estimate of drug-likeness (QED) is 0.316. The molecule has 0 fully saturated rings. The van der Waals surface area contributed by atoms with Gasteiger partial charge in [0.15, 0.2) is 18.3 Å². The number of ether oxygens (including phenoxy) is 5. The molecule has 0 aromatic heterocycles. The number of carbonyl (C=O) groups excluding carboxylic acids is 5. The summed E-state index contributed by atoms with van der Waals surface area (Å²) >= 11 is 0. The predicted molar refractivity (Wildman–Crippen MR) is 114 cm³/mol. The van der Waals surface area contributed by atoms with Gasteiger partial charge in [-0.3, -0.25) is 19.2 Å². The molecule has 2 N–H and O–H groups in total. The van der Waals surface area contributed by atoms with E-state index in [0.29, 0.717) is 0 Å². The molecule has 1 amide bonds. The van der Waals surface area contributed by atoms with E-state index in [2.05, 4.69) is 5.32 Å². The van der Waals surface area contributed by atoms with E-state index in [9.17, 15) is 29.1 Å². The van der Waals surface area contributed by atoms with Gasteiger partial charge in [0.05, 0.1) is 6.54 Å². The second kappa shape index (κ2) is 14.5. The number of esters is 4. The number of hydrogen-bond acceptors (Lipinski definition) is 11. The van der Waals surface area contributed by atoms with E-state index in [4.69, 9.17) is 23.7 Å². The number of amides is 1. The number of alkyl carbamates (subject to hydrolysis) is 1. The Kier molecular flexibility index (Phi) is 12.1. The molecular weight excluding hydrogens is 454 g/mol. The van der Waals surface area contributed by atoms with Gasteiger partial charge >= 0.3 is 30.0 Å². The van der Waals surface area contributed by atoms with E-state index in [1.54, 1.807) is 30.3 Å². The van der Waals surface area contributed by atoms with Crippen molar-refractivity contribution in [1.29, 1.82) is 0 Å². The van der Waals surface area contributed by atoms with Gasteiger partial charge < -0.3 is 34.1 Å². The van der Waals surface area contributed by atoms with E-state index in [1.165, 1.54) is 0 Å². The van der Waals surface area contributed by atoms with Gasteiger partial charge in [0, 0.05) is 27.7 Å². The van der Waals surface area contributed by atoms with Crippen molar-refractivity contribution in [1.82, 2.24) is 5.32 Å². The molecular formula is C22H29NO11. The zero-order chi connectivity index (χ0) is 25.7. The lowest BCUT2D eigenvalue weighted by Crippen LogP contribution is -2.54. The van der Waals surface area contributed by atoms with E-state index in [-0.39, 0.29) is 6.61 Å². The first-order valence-electron chi connectivity index (χ1n) is 10.3. The topological polar surface area (TPSA) is 164 Å². The summed E-state index contributed by atoms with van der Waals surface area (Å²) in [7, 11) is 0. The van der Waals surface area contributed by atoms with Crippen molar-refractivity contribution in [3.63, 3.8) is 0 Å². The molecule has 4 atom stereocenters. The molecule has 0 radical (unpaired) electrons. The van der Waals surface area contributed by atoms with Crippen LogP contribution in [-0.2, 0) is 49.5 Å². The molecule has 1 aromatic carbocycles. The Hall–Kier alpha value is -3.67. The highest BCUT2D eigenvalue weighted by atomic mass is 16.6. The van der Waals surface area contributed by atoms with Crippen LogP contribution in [0.3, 0.4) is 0 Å². The third kappa shape index (κ3) is 11.3. The number of carbonyl (C=O) groups is 5. The first-order valence-corrected chi connectivity index (χ1v) is 10.3. The summed E-state index contributed by atoms with van der Waals surface area (Å²) in [6.07, 6.45) is -7.09. The predicted octanol–water partition coefficient (Wildman–Crippen LogP) is 0.632. The van der Waals surface area contributed by atoms with E-state index < -0.39 is 67.5 Å². The summed E-state index contributed by atoms with van der Waals surface area (Å²) in [4.78, 5) is 58.3. The minimum absolute atomic E-state index is 0.0323. The molecule has 34 heavy (non-hydrogen) atoms.